The second-order valence-electron chi connectivity index (χ2n) is 4.35. The SMILES string of the molecule is Cc1ccc(S(=O)(=O)O/C(=C\C#N)c2ccccc2)cc1. The van der Waals surface area contributed by atoms with E-state index < -0.39 is 10.1 Å². The van der Waals surface area contributed by atoms with E-state index in [-0.39, 0.29) is 10.7 Å². The standard InChI is InChI=1S/C16H13NO3S/c1-13-7-9-15(10-8-13)21(18,19)20-16(11-12-17)14-5-3-2-4-6-14/h2-11H,1H3/b16-11-. The van der Waals surface area contributed by atoms with Gasteiger partial charge in [0.15, 0.2) is 5.76 Å². The number of nitrogens with zero attached hydrogens (tertiary/aromatic N) is 1. The minimum atomic E-state index is -3.97. The Balaban J connectivity index is 2.36. The molecule has 0 unspecified atom stereocenters. The van der Waals surface area contributed by atoms with E-state index in [2.05, 4.69) is 0 Å². The summed E-state index contributed by atoms with van der Waals surface area (Å²) in [5, 5.41) is 8.80. The Hall–Kier alpha value is -2.58. The fourth-order valence-corrected chi connectivity index (χ4v) is 2.63. The minimum absolute atomic E-state index is 0.00123. The van der Waals surface area contributed by atoms with Crippen LogP contribution in [0.5, 0.6) is 0 Å². The van der Waals surface area contributed by atoms with Gasteiger partial charge < -0.3 is 4.18 Å². The molecule has 0 amide bonds. The van der Waals surface area contributed by atoms with Crippen molar-refractivity contribution in [1.82, 2.24) is 0 Å². The first-order chi connectivity index (χ1) is 10.0. The van der Waals surface area contributed by atoms with Crippen LogP contribution in [0.1, 0.15) is 11.1 Å². The Morgan fingerprint density at radius 1 is 1.10 bits per heavy atom. The number of rotatable bonds is 4. The van der Waals surface area contributed by atoms with Crippen LogP contribution in [0.2, 0.25) is 0 Å². The molecule has 0 saturated heterocycles. The van der Waals surface area contributed by atoms with Crippen LogP contribution in [0.15, 0.2) is 65.6 Å². The number of nitriles is 1. The van der Waals surface area contributed by atoms with Crippen molar-refractivity contribution in [1.29, 1.82) is 5.26 Å². The lowest BCUT2D eigenvalue weighted by Crippen LogP contribution is -2.06. The topological polar surface area (TPSA) is 67.2 Å². The lowest BCUT2D eigenvalue weighted by molar-refractivity contribution is 0.463. The molecule has 0 aliphatic carbocycles. The zero-order chi connectivity index (χ0) is 15.3. The van der Waals surface area contributed by atoms with E-state index in [9.17, 15) is 8.42 Å². The van der Waals surface area contributed by atoms with Gasteiger partial charge in [-0.25, -0.2) is 0 Å². The number of hydrogen-bond acceptors (Lipinski definition) is 4. The highest BCUT2D eigenvalue weighted by Gasteiger charge is 2.18. The van der Waals surface area contributed by atoms with E-state index >= 15 is 0 Å². The third-order valence-electron chi connectivity index (χ3n) is 2.76. The molecule has 0 N–H and O–H groups in total. The summed E-state index contributed by atoms with van der Waals surface area (Å²) >= 11 is 0. The Kier molecular flexibility index (Phi) is 4.41. The maximum atomic E-state index is 12.2. The molecule has 0 spiro atoms. The molecule has 0 bridgehead atoms. The summed E-state index contributed by atoms with van der Waals surface area (Å²) in [5.74, 6) is -0.00123. The summed E-state index contributed by atoms with van der Waals surface area (Å²) in [6.45, 7) is 1.86. The van der Waals surface area contributed by atoms with Gasteiger partial charge in [0.25, 0.3) is 0 Å². The van der Waals surface area contributed by atoms with Crippen LogP contribution in [0, 0.1) is 18.3 Å². The van der Waals surface area contributed by atoms with E-state index in [1.54, 1.807) is 48.5 Å². The number of hydrogen-bond donors (Lipinski definition) is 0. The molecule has 0 fully saturated rings. The van der Waals surface area contributed by atoms with Crippen molar-refractivity contribution in [2.45, 2.75) is 11.8 Å². The molecule has 0 radical (unpaired) electrons. The van der Waals surface area contributed by atoms with Gasteiger partial charge in [-0.15, -0.1) is 0 Å². The normalized spacial score (nSPS) is 11.7. The molecule has 0 aliphatic rings. The zero-order valence-electron chi connectivity index (χ0n) is 11.4. The Bertz CT molecular complexity index is 786. The van der Waals surface area contributed by atoms with Crippen molar-refractivity contribution in [3.05, 3.63) is 71.8 Å². The van der Waals surface area contributed by atoms with Crippen LogP contribution in [-0.4, -0.2) is 8.42 Å². The minimum Gasteiger partial charge on any atom is -0.378 e. The average molecular weight is 299 g/mol. The van der Waals surface area contributed by atoms with Gasteiger partial charge in [-0.3, -0.25) is 0 Å². The first kappa shape index (κ1) is 14.8. The summed E-state index contributed by atoms with van der Waals surface area (Å²) in [7, 11) is -3.97. The number of benzene rings is 2. The molecule has 21 heavy (non-hydrogen) atoms. The van der Waals surface area contributed by atoms with Gasteiger partial charge in [0.05, 0.1) is 12.1 Å². The molecule has 2 aromatic carbocycles. The van der Waals surface area contributed by atoms with Gasteiger partial charge in [-0.05, 0) is 19.1 Å². The third kappa shape index (κ3) is 3.71. The molecule has 106 valence electrons. The number of aryl methyl sites for hydroxylation is 1. The van der Waals surface area contributed by atoms with E-state index in [0.29, 0.717) is 5.56 Å². The summed E-state index contributed by atoms with van der Waals surface area (Å²) in [4.78, 5) is 0.0490. The molecule has 0 aliphatic heterocycles. The Labute approximate surface area is 124 Å². The molecule has 0 aromatic heterocycles. The van der Waals surface area contributed by atoms with E-state index in [4.69, 9.17) is 9.44 Å². The van der Waals surface area contributed by atoms with Crippen LogP contribution in [0.25, 0.3) is 5.76 Å². The second kappa shape index (κ2) is 6.25. The molecule has 4 nitrogen and oxygen atoms in total. The van der Waals surface area contributed by atoms with Crippen LogP contribution in [0.4, 0.5) is 0 Å². The van der Waals surface area contributed by atoms with Gasteiger partial charge in [0.2, 0.25) is 0 Å². The van der Waals surface area contributed by atoms with Crippen molar-refractivity contribution in [2.75, 3.05) is 0 Å². The molecular weight excluding hydrogens is 286 g/mol. The fourth-order valence-electron chi connectivity index (χ4n) is 1.69. The van der Waals surface area contributed by atoms with Crippen molar-refractivity contribution in [3.8, 4) is 6.07 Å². The highest BCUT2D eigenvalue weighted by Crippen LogP contribution is 2.22. The van der Waals surface area contributed by atoms with Gasteiger partial charge in [-0.2, -0.15) is 13.7 Å². The van der Waals surface area contributed by atoms with Crippen LogP contribution < -0.4 is 0 Å². The van der Waals surface area contributed by atoms with Crippen molar-refractivity contribution < 1.29 is 12.6 Å². The largest absolute Gasteiger partial charge is 0.378 e. The lowest BCUT2D eigenvalue weighted by Gasteiger charge is -2.10. The van der Waals surface area contributed by atoms with Crippen LogP contribution >= 0.6 is 0 Å². The maximum Gasteiger partial charge on any atom is 0.339 e. The molecular formula is C16H13NO3S. The van der Waals surface area contributed by atoms with Crippen LogP contribution in [0.3, 0.4) is 0 Å². The first-order valence-electron chi connectivity index (χ1n) is 6.19. The quantitative estimate of drug-likeness (QED) is 0.493. The lowest BCUT2D eigenvalue weighted by atomic mass is 10.2. The average Bonchev–Trinajstić information content (AvgIpc) is 2.48. The molecule has 0 saturated carbocycles. The molecule has 2 rings (SSSR count). The van der Waals surface area contributed by atoms with Crippen molar-refractivity contribution in [2.24, 2.45) is 0 Å². The molecule has 2 aromatic rings. The summed E-state index contributed by atoms with van der Waals surface area (Å²) < 4.78 is 29.6. The Morgan fingerprint density at radius 3 is 2.29 bits per heavy atom. The second-order valence-corrected chi connectivity index (χ2v) is 5.90. The highest BCUT2D eigenvalue weighted by atomic mass is 32.2. The maximum absolute atomic E-state index is 12.2. The van der Waals surface area contributed by atoms with Crippen molar-refractivity contribution >= 4 is 15.9 Å². The zero-order valence-corrected chi connectivity index (χ0v) is 12.2. The molecule has 0 atom stereocenters. The van der Waals surface area contributed by atoms with E-state index in [0.717, 1.165) is 11.6 Å². The smallest absolute Gasteiger partial charge is 0.339 e. The predicted octanol–water partition coefficient (Wildman–Crippen LogP) is 3.27. The summed E-state index contributed by atoms with van der Waals surface area (Å²) in [6, 6.07) is 16.7. The fraction of sp³-hybridized carbons (Fsp3) is 0.0625. The summed E-state index contributed by atoms with van der Waals surface area (Å²) in [5.41, 5.74) is 1.47. The van der Waals surface area contributed by atoms with Gasteiger partial charge >= 0.3 is 10.1 Å². The highest BCUT2D eigenvalue weighted by molar-refractivity contribution is 7.87. The monoisotopic (exact) mass is 299 g/mol. The Morgan fingerprint density at radius 2 is 1.71 bits per heavy atom. The molecule has 0 heterocycles. The van der Waals surface area contributed by atoms with E-state index in [1.165, 1.54) is 12.1 Å². The first-order valence-corrected chi connectivity index (χ1v) is 7.60. The molecule has 5 heteroatoms. The van der Waals surface area contributed by atoms with E-state index in [1.807, 2.05) is 6.92 Å². The van der Waals surface area contributed by atoms with Gasteiger partial charge in [-0.1, -0.05) is 48.0 Å². The van der Waals surface area contributed by atoms with Crippen LogP contribution in [-0.2, 0) is 14.3 Å². The predicted molar refractivity (Wildman–Crippen MR) is 79.5 cm³/mol. The third-order valence-corrected chi connectivity index (χ3v) is 4.01. The van der Waals surface area contributed by atoms with Gasteiger partial charge in [0.1, 0.15) is 4.90 Å². The van der Waals surface area contributed by atoms with Crippen molar-refractivity contribution in [3.63, 3.8) is 0 Å². The van der Waals surface area contributed by atoms with Gasteiger partial charge in [0, 0.05) is 5.56 Å². The number of allylic oxidation sites excluding steroid dienone is 1. The summed E-state index contributed by atoms with van der Waals surface area (Å²) in [6.07, 6.45) is 1.07.